The van der Waals surface area contributed by atoms with Crippen molar-refractivity contribution in [3.8, 4) is 0 Å². The SMILES string of the molecule is CCOC(=O)c1sc(NC(=O)c2oc3ccc(CC)cc3c2C)c(C(=O)OCC)c1C. The lowest BCUT2D eigenvalue weighted by molar-refractivity contribution is 0.0527. The average Bonchev–Trinajstić information content (AvgIpc) is 3.25. The van der Waals surface area contributed by atoms with E-state index in [0.29, 0.717) is 16.7 Å². The zero-order valence-corrected chi connectivity index (χ0v) is 19.0. The van der Waals surface area contributed by atoms with Crippen molar-refractivity contribution < 1.29 is 28.3 Å². The molecule has 1 aromatic carbocycles. The smallest absolute Gasteiger partial charge is 0.348 e. The molecule has 1 N–H and O–H groups in total. The maximum atomic E-state index is 13.0. The first-order chi connectivity index (χ1) is 14.8. The molecule has 3 rings (SSSR count). The molecule has 0 saturated heterocycles. The number of hydrogen-bond donors (Lipinski definition) is 1. The van der Waals surface area contributed by atoms with Crippen molar-refractivity contribution >= 4 is 45.2 Å². The summed E-state index contributed by atoms with van der Waals surface area (Å²) in [7, 11) is 0. The topological polar surface area (TPSA) is 94.8 Å². The molecule has 0 unspecified atom stereocenters. The minimum Gasteiger partial charge on any atom is -0.462 e. The predicted molar refractivity (Wildman–Crippen MR) is 119 cm³/mol. The van der Waals surface area contributed by atoms with Gasteiger partial charge in [-0.3, -0.25) is 4.79 Å². The van der Waals surface area contributed by atoms with E-state index in [2.05, 4.69) is 12.2 Å². The molecule has 7 nitrogen and oxygen atoms in total. The van der Waals surface area contributed by atoms with Crippen LogP contribution in [0.25, 0.3) is 11.0 Å². The Balaban J connectivity index is 2.01. The van der Waals surface area contributed by atoms with Gasteiger partial charge in [0.15, 0.2) is 5.76 Å². The molecule has 8 heteroatoms. The second kappa shape index (κ2) is 9.34. The molecular weight excluding hydrogens is 418 g/mol. The molecule has 0 aliphatic rings. The Morgan fingerprint density at radius 1 is 1.00 bits per heavy atom. The van der Waals surface area contributed by atoms with Gasteiger partial charge in [0, 0.05) is 10.9 Å². The lowest BCUT2D eigenvalue weighted by Gasteiger charge is -2.06. The Morgan fingerprint density at radius 3 is 2.32 bits per heavy atom. The number of esters is 2. The number of carbonyl (C=O) groups excluding carboxylic acids is 3. The highest BCUT2D eigenvalue weighted by molar-refractivity contribution is 7.18. The summed E-state index contributed by atoms with van der Waals surface area (Å²) in [6, 6.07) is 5.80. The summed E-state index contributed by atoms with van der Waals surface area (Å²) in [6.45, 7) is 9.25. The van der Waals surface area contributed by atoms with Crippen LogP contribution in [0.1, 0.15) is 68.0 Å². The summed E-state index contributed by atoms with van der Waals surface area (Å²) in [5.74, 6) is -1.52. The summed E-state index contributed by atoms with van der Waals surface area (Å²) < 4.78 is 16.0. The van der Waals surface area contributed by atoms with Crippen molar-refractivity contribution in [1.29, 1.82) is 0 Å². The molecule has 2 heterocycles. The number of benzene rings is 1. The van der Waals surface area contributed by atoms with Crippen LogP contribution in [0.4, 0.5) is 5.00 Å². The van der Waals surface area contributed by atoms with Crippen LogP contribution in [0.5, 0.6) is 0 Å². The number of anilines is 1. The van der Waals surface area contributed by atoms with E-state index in [1.165, 1.54) is 0 Å². The van der Waals surface area contributed by atoms with Gasteiger partial charge in [0.2, 0.25) is 0 Å². The molecule has 1 amide bonds. The summed E-state index contributed by atoms with van der Waals surface area (Å²) in [5, 5.41) is 3.82. The van der Waals surface area contributed by atoms with Crippen LogP contribution in [-0.4, -0.2) is 31.1 Å². The number of ether oxygens (including phenoxy) is 2. The Morgan fingerprint density at radius 2 is 1.68 bits per heavy atom. The molecule has 0 aliphatic carbocycles. The third-order valence-electron chi connectivity index (χ3n) is 4.93. The fraction of sp³-hybridized carbons (Fsp3) is 0.348. The van der Waals surface area contributed by atoms with Gasteiger partial charge < -0.3 is 19.2 Å². The average molecular weight is 444 g/mol. The number of amides is 1. The van der Waals surface area contributed by atoms with E-state index < -0.39 is 17.8 Å². The maximum Gasteiger partial charge on any atom is 0.348 e. The monoisotopic (exact) mass is 443 g/mol. The van der Waals surface area contributed by atoms with Gasteiger partial charge in [-0.05, 0) is 57.4 Å². The second-order valence-electron chi connectivity index (χ2n) is 6.90. The molecule has 0 aliphatic heterocycles. The number of aryl methyl sites for hydroxylation is 2. The number of nitrogens with one attached hydrogen (secondary N) is 1. The molecule has 0 fully saturated rings. The van der Waals surface area contributed by atoms with Crippen molar-refractivity contribution in [3.63, 3.8) is 0 Å². The van der Waals surface area contributed by atoms with Crippen LogP contribution in [0, 0.1) is 13.8 Å². The third kappa shape index (κ3) is 4.34. The lowest BCUT2D eigenvalue weighted by Crippen LogP contribution is -2.15. The number of fused-ring (bicyclic) bond motifs is 1. The fourth-order valence-electron chi connectivity index (χ4n) is 3.31. The zero-order valence-electron chi connectivity index (χ0n) is 18.2. The van der Waals surface area contributed by atoms with E-state index in [4.69, 9.17) is 13.9 Å². The van der Waals surface area contributed by atoms with Crippen molar-refractivity contribution in [3.05, 3.63) is 51.1 Å². The molecule has 0 saturated carbocycles. The Bertz CT molecular complexity index is 1160. The predicted octanol–water partition coefficient (Wildman–Crippen LogP) is 5.28. The van der Waals surface area contributed by atoms with E-state index in [1.807, 2.05) is 25.1 Å². The van der Waals surface area contributed by atoms with E-state index in [-0.39, 0.29) is 34.4 Å². The summed E-state index contributed by atoms with van der Waals surface area (Å²) >= 11 is 0.981. The standard InChI is InChI=1S/C23H25NO6S/c1-6-14-9-10-16-15(11-14)12(4)18(30-16)20(25)24-21-17(22(26)28-7-2)13(5)19(31-21)23(27)29-8-3/h9-11H,6-8H2,1-5H3,(H,24,25). The molecule has 164 valence electrons. The highest BCUT2D eigenvalue weighted by Gasteiger charge is 2.28. The minimum atomic E-state index is -0.615. The molecule has 0 atom stereocenters. The Hall–Kier alpha value is -3.13. The fourth-order valence-corrected chi connectivity index (χ4v) is 4.39. The molecule has 0 radical (unpaired) electrons. The molecule has 0 bridgehead atoms. The first kappa shape index (κ1) is 22.6. The quantitative estimate of drug-likeness (QED) is 0.499. The van der Waals surface area contributed by atoms with Gasteiger partial charge in [0.05, 0.1) is 18.8 Å². The van der Waals surface area contributed by atoms with Crippen LogP contribution in [0.2, 0.25) is 0 Å². The van der Waals surface area contributed by atoms with Crippen LogP contribution < -0.4 is 5.32 Å². The molecule has 3 aromatic rings. The minimum absolute atomic E-state index is 0.144. The van der Waals surface area contributed by atoms with Gasteiger partial charge in [0.25, 0.3) is 5.91 Å². The van der Waals surface area contributed by atoms with Gasteiger partial charge >= 0.3 is 11.9 Å². The van der Waals surface area contributed by atoms with Gasteiger partial charge in [-0.2, -0.15) is 0 Å². The van der Waals surface area contributed by atoms with Crippen molar-refractivity contribution in [2.24, 2.45) is 0 Å². The van der Waals surface area contributed by atoms with Crippen molar-refractivity contribution in [1.82, 2.24) is 0 Å². The number of carbonyl (C=O) groups is 3. The van der Waals surface area contributed by atoms with Crippen molar-refractivity contribution in [2.45, 2.75) is 41.0 Å². The summed E-state index contributed by atoms with van der Waals surface area (Å²) in [5.41, 5.74) is 3.01. The van der Waals surface area contributed by atoms with E-state index in [0.717, 1.165) is 28.7 Å². The Kier molecular flexibility index (Phi) is 6.80. The molecular formula is C23H25NO6S. The summed E-state index contributed by atoms with van der Waals surface area (Å²) in [4.78, 5) is 38.1. The van der Waals surface area contributed by atoms with Crippen LogP contribution in [0.15, 0.2) is 22.6 Å². The summed E-state index contributed by atoms with van der Waals surface area (Å²) in [6.07, 6.45) is 0.871. The lowest BCUT2D eigenvalue weighted by atomic mass is 10.1. The van der Waals surface area contributed by atoms with E-state index >= 15 is 0 Å². The van der Waals surface area contributed by atoms with Gasteiger partial charge in [-0.25, -0.2) is 9.59 Å². The number of furan rings is 1. The first-order valence-electron chi connectivity index (χ1n) is 10.1. The number of rotatable bonds is 7. The van der Waals surface area contributed by atoms with E-state index in [1.54, 1.807) is 20.8 Å². The zero-order chi connectivity index (χ0) is 22.7. The highest BCUT2D eigenvalue weighted by atomic mass is 32.1. The maximum absolute atomic E-state index is 13.0. The molecule has 31 heavy (non-hydrogen) atoms. The highest BCUT2D eigenvalue weighted by Crippen LogP contribution is 2.35. The molecule has 0 spiro atoms. The molecule has 2 aromatic heterocycles. The van der Waals surface area contributed by atoms with Gasteiger partial charge in [0.1, 0.15) is 15.5 Å². The Labute approximate surface area is 184 Å². The van der Waals surface area contributed by atoms with Crippen LogP contribution in [0.3, 0.4) is 0 Å². The normalized spacial score (nSPS) is 10.9. The largest absolute Gasteiger partial charge is 0.462 e. The number of thiophene rings is 1. The van der Waals surface area contributed by atoms with Crippen LogP contribution in [-0.2, 0) is 15.9 Å². The van der Waals surface area contributed by atoms with Gasteiger partial charge in [-0.1, -0.05) is 13.0 Å². The van der Waals surface area contributed by atoms with Crippen molar-refractivity contribution in [2.75, 3.05) is 18.5 Å². The first-order valence-corrected chi connectivity index (χ1v) is 10.9. The van der Waals surface area contributed by atoms with E-state index in [9.17, 15) is 14.4 Å². The second-order valence-corrected chi connectivity index (χ2v) is 7.92. The van der Waals surface area contributed by atoms with Gasteiger partial charge in [-0.15, -0.1) is 11.3 Å². The van der Waals surface area contributed by atoms with Crippen LogP contribution >= 0.6 is 11.3 Å². The third-order valence-corrected chi connectivity index (χ3v) is 6.12. The number of hydrogen-bond acceptors (Lipinski definition) is 7.